The van der Waals surface area contributed by atoms with E-state index in [2.05, 4.69) is 21.7 Å². The number of carbonyl (C=O) groups is 1. The van der Waals surface area contributed by atoms with Gasteiger partial charge >= 0.3 is 5.97 Å². The van der Waals surface area contributed by atoms with Crippen molar-refractivity contribution in [2.75, 3.05) is 41.6 Å². The third kappa shape index (κ3) is 9.09. The lowest BCUT2D eigenvalue weighted by molar-refractivity contribution is 0.0597. The van der Waals surface area contributed by atoms with Gasteiger partial charge in [0, 0.05) is 45.8 Å². The smallest absolute Gasteiger partial charge is 0.341 e. The van der Waals surface area contributed by atoms with Gasteiger partial charge in [-0.25, -0.2) is 4.79 Å². The number of benzene rings is 2. The molecule has 0 heterocycles. The zero-order chi connectivity index (χ0) is 23.3. The fourth-order valence-corrected chi connectivity index (χ4v) is 3.05. The Hall–Kier alpha value is -2.53. The average Bonchev–Trinajstić information content (AvgIpc) is 2.82. The molecule has 0 amide bonds. The summed E-state index contributed by atoms with van der Waals surface area (Å²) in [5, 5.41) is 6.56. The van der Waals surface area contributed by atoms with Crippen molar-refractivity contribution in [3.63, 3.8) is 0 Å². The van der Waals surface area contributed by atoms with Crippen molar-refractivity contribution in [1.29, 1.82) is 0 Å². The number of aryl methyl sites for hydroxylation is 1. The van der Waals surface area contributed by atoms with Gasteiger partial charge in [-0.2, -0.15) is 0 Å². The van der Waals surface area contributed by atoms with Crippen molar-refractivity contribution in [1.82, 2.24) is 10.6 Å². The minimum absolute atomic E-state index is 0. The summed E-state index contributed by atoms with van der Waals surface area (Å²) in [6.45, 7) is 4.32. The zero-order valence-corrected chi connectivity index (χ0v) is 22.2. The standard InChI is InChI=1S/C24H33N3O5.HI/c1-17-7-9-19(22(13-17)32-12-6-11-29-3)16-27-24(25-2)26-15-18-8-10-21(30-4)20(14-18)23(28)31-5;/h7-10,13-14H,6,11-12,15-16H2,1-5H3,(H2,25,26,27);1H. The van der Waals surface area contributed by atoms with Gasteiger partial charge in [0.25, 0.3) is 0 Å². The van der Waals surface area contributed by atoms with Crippen LogP contribution in [0.25, 0.3) is 0 Å². The largest absolute Gasteiger partial charge is 0.496 e. The van der Waals surface area contributed by atoms with Gasteiger partial charge in [-0.15, -0.1) is 24.0 Å². The number of nitrogens with one attached hydrogen (secondary N) is 2. The highest BCUT2D eigenvalue weighted by Gasteiger charge is 2.13. The molecule has 0 aliphatic heterocycles. The van der Waals surface area contributed by atoms with E-state index >= 15 is 0 Å². The van der Waals surface area contributed by atoms with Crippen LogP contribution in [0.2, 0.25) is 0 Å². The van der Waals surface area contributed by atoms with Crippen LogP contribution in [-0.4, -0.2) is 53.5 Å². The van der Waals surface area contributed by atoms with Crippen LogP contribution in [0.1, 0.15) is 33.5 Å². The van der Waals surface area contributed by atoms with Gasteiger partial charge in [-0.3, -0.25) is 4.99 Å². The first-order valence-corrected chi connectivity index (χ1v) is 10.4. The third-order valence-electron chi connectivity index (χ3n) is 4.77. The van der Waals surface area contributed by atoms with Gasteiger partial charge in [-0.05, 0) is 36.2 Å². The molecule has 0 unspecified atom stereocenters. The molecule has 2 aromatic carbocycles. The van der Waals surface area contributed by atoms with Crippen LogP contribution in [0.15, 0.2) is 41.4 Å². The van der Waals surface area contributed by atoms with Gasteiger partial charge in [0.15, 0.2) is 5.96 Å². The second-order valence-corrected chi connectivity index (χ2v) is 7.11. The quantitative estimate of drug-likeness (QED) is 0.140. The van der Waals surface area contributed by atoms with Crippen LogP contribution < -0.4 is 20.1 Å². The summed E-state index contributed by atoms with van der Waals surface area (Å²) >= 11 is 0. The first-order chi connectivity index (χ1) is 15.5. The maximum Gasteiger partial charge on any atom is 0.341 e. The molecular weight excluding hydrogens is 537 g/mol. The Morgan fingerprint density at radius 3 is 2.39 bits per heavy atom. The SMILES string of the molecule is CN=C(NCc1ccc(OC)c(C(=O)OC)c1)NCc1ccc(C)cc1OCCCOC.I. The maximum absolute atomic E-state index is 12.0. The molecule has 0 spiro atoms. The Balaban J connectivity index is 0.00000544. The Labute approximate surface area is 213 Å². The number of guanidine groups is 1. The summed E-state index contributed by atoms with van der Waals surface area (Å²) in [5.41, 5.74) is 3.45. The van der Waals surface area contributed by atoms with Gasteiger partial charge in [0.1, 0.15) is 17.1 Å². The van der Waals surface area contributed by atoms with Crippen LogP contribution in [0.5, 0.6) is 11.5 Å². The topological polar surface area (TPSA) is 90.4 Å². The van der Waals surface area contributed by atoms with E-state index in [1.165, 1.54) is 14.2 Å². The third-order valence-corrected chi connectivity index (χ3v) is 4.77. The van der Waals surface area contributed by atoms with E-state index in [-0.39, 0.29) is 24.0 Å². The minimum atomic E-state index is -0.441. The summed E-state index contributed by atoms with van der Waals surface area (Å²) in [5.74, 6) is 1.51. The number of ether oxygens (including phenoxy) is 4. The Morgan fingerprint density at radius 2 is 1.73 bits per heavy atom. The van der Waals surface area contributed by atoms with Crippen molar-refractivity contribution in [2.24, 2.45) is 4.99 Å². The first-order valence-electron chi connectivity index (χ1n) is 10.4. The van der Waals surface area contributed by atoms with Gasteiger partial charge in [-0.1, -0.05) is 18.2 Å². The first kappa shape index (κ1) is 28.5. The Kier molecular flexibility index (Phi) is 13.2. The molecule has 33 heavy (non-hydrogen) atoms. The average molecular weight is 571 g/mol. The highest BCUT2D eigenvalue weighted by atomic mass is 127. The molecule has 0 aromatic heterocycles. The summed E-state index contributed by atoms with van der Waals surface area (Å²) in [6, 6.07) is 11.5. The molecule has 2 rings (SSSR count). The molecule has 0 aliphatic rings. The second-order valence-electron chi connectivity index (χ2n) is 7.11. The zero-order valence-electron chi connectivity index (χ0n) is 19.9. The van der Waals surface area contributed by atoms with E-state index in [1.54, 1.807) is 26.3 Å². The van der Waals surface area contributed by atoms with Crippen molar-refractivity contribution in [3.8, 4) is 11.5 Å². The number of aliphatic imine (C=N–C) groups is 1. The lowest BCUT2D eigenvalue weighted by Gasteiger charge is -2.16. The number of rotatable bonds is 11. The van der Waals surface area contributed by atoms with E-state index in [4.69, 9.17) is 18.9 Å². The van der Waals surface area contributed by atoms with E-state index in [0.29, 0.717) is 43.6 Å². The Morgan fingerprint density at radius 1 is 0.970 bits per heavy atom. The highest BCUT2D eigenvalue weighted by molar-refractivity contribution is 14.0. The van der Waals surface area contributed by atoms with Crippen molar-refractivity contribution >= 4 is 35.9 Å². The van der Waals surface area contributed by atoms with E-state index in [9.17, 15) is 4.79 Å². The number of nitrogens with zero attached hydrogens (tertiary/aromatic N) is 1. The van der Waals surface area contributed by atoms with Crippen LogP contribution in [0.4, 0.5) is 0 Å². The molecule has 0 atom stereocenters. The molecule has 9 heteroatoms. The van der Waals surface area contributed by atoms with E-state index < -0.39 is 5.97 Å². The summed E-state index contributed by atoms with van der Waals surface area (Å²) in [6.07, 6.45) is 0.829. The van der Waals surface area contributed by atoms with Gasteiger partial charge in [0.05, 0.1) is 20.8 Å². The van der Waals surface area contributed by atoms with Crippen LogP contribution in [0, 0.1) is 6.92 Å². The molecule has 8 nitrogen and oxygen atoms in total. The Bertz CT molecular complexity index is 921. The number of methoxy groups -OCH3 is 3. The lowest BCUT2D eigenvalue weighted by atomic mass is 10.1. The van der Waals surface area contributed by atoms with E-state index in [1.807, 2.05) is 25.1 Å². The normalized spacial score (nSPS) is 10.8. The van der Waals surface area contributed by atoms with Crippen LogP contribution >= 0.6 is 24.0 Å². The molecule has 2 aromatic rings. The van der Waals surface area contributed by atoms with Crippen molar-refractivity contribution < 1.29 is 23.7 Å². The molecule has 0 bridgehead atoms. The molecule has 2 N–H and O–H groups in total. The summed E-state index contributed by atoms with van der Waals surface area (Å²) in [7, 11) is 6.26. The summed E-state index contributed by atoms with van der Waals surface area (Å²) in [4.78, 5) is 16.3. The number of hydrogen-bond acceptors (Lipinski definition) is 6. The minimum Gasteiger partial charge on any atom is -0.496 e. The number of hydrogen-bond donors (Lipinski definition) is 2. The van der Waals surface area contributed by atoms with Crippen molar-refractivity contribution in [2.45, 2.75) is 26.4 Å². The molecular formula is C24H34IN3O5. The lowest BCUT2D eigenvalue weighted by Crippen LogP contribution is -2.36. The summed E-state index contributed by atoms with van der Waals surface area (Å²) < 4.78 is 21.1. The fourth-order valence-electron chi connectivity index (χ4n) is 3.05. The molecule has 0 aliphatic carbocycles. The van der Waals surface area contributed by atoms with Gasteiger partial charge < -0.3 is 29.6 Å². The van der Waals surface area contributed by atoms with Crippen molar-refractivity contribution in [3.05, 3.63) is 58.7 Å². The number of carbonyl (C=O) groups excluding carboxylic acids is 1. The van der Waals surface area contributed by atoms with Crippen LogP contribution in [-0.2, 0) is 22.6 Å². The number of esters is 1. The van der Waals surface area contributed by atoms with Crippen LogP contribution in [0.3, 0.4) is 0 Å². The molecule has 182 valence electrons. The molecule has 0 saturated heterocycles. The predicted octanol–water partition coefficient (Wildman–Crippen LogP) is 3.69. The molecule has 0 saturated carbocycles. The van der Waals surface area contributed by atoms with E-state index in [0.717, 1.165) is 28.9 Å². The molecule has 0 fully saturated rings. The second kappa shape index (κ2) is 15.3. The molecule has 0 radical (unpaired) electrons. The number of halogens is 1. The maximum atomic E-state index is 12.0. The monoisotopic (exact) mass is 571 g/mol. The fraction of sp³-hybridized carbons (Fsp3) is 0.417. The van der Waals surface area contributed by atoms with Gasteiger partial charge in [0.2, 0.25) is 0 Å². The highest BCUT2D eigenvalue weighted by Crippen LogP contribution is 2.22. The predicted molar refractivity (Wildman–Crippen MR) is 140 cm³/mol.